The van der Waals surface area contributed by atoms with Crippen molar-refractivity contribution in [3.63, 3.8) is 0 Å². The van der Waals surface area contributed by atoms with Gasteiger partial charge in [-0.25, -0.2) is 0 Å². The fourth-order valence-corrected chi connectivity index (χ4v) is 6.53. The van der Waals surface area contributed by atoms with E-state index in [-0.39, 0.29) is 58.3 Å². The number of rotatable bonds is 5. The lowest BCUT2D eigenvalue weighted by Crippen LogP contribution is -2.52. The number of phenols is 2. The zero-order valence-electron chi connectivity index (χ0n) is 24.5. The van der Waals surface area contributed by atoms with Crippen molar-refractivity contribution in [2.24, 2.45) is 5.73 Å². The summed E-state index contributed by atoms with van der Waals surface area (Å²) in [5.41, 5.74) is 4.80. The molecule has 0 aromatic heterocycles. The molecule has 0 radical (unpaired) electrons. The highest BCUT2D eigenvalue weighted by atomic mass is 16.7. The van der Waals surface area contributed by atoms with Crippen molar-refractivity contribution in [1.29, 1.82) is 0 Å². The third kappa shape index (κ3) is 5.10. The zero-order valence-corrected chi connectivity index (χ0v) is 24.5. The van der Waals surface area contributed by atoms with Crippen molar-refractivity contribution in [2.45, 2.75) is 69.4 Å². The molecule has 6 N–H and O–H groups in total. The Morgan fingerprint density at radius 1 is 1.07 bits per heavy atom. The Morgan fingerprint density at radius 2 is 1.67 bits per heavy atom. The number of ketones is 2. The molecule has 45 heavy (non-hydrogen) atoms. The van der Waals surface area contributed by atoms with E-state index in [1.165, 1.54) is 36.4 Å². The van der Waals surface area contributed by atoms with Gasteiger partial charge in [0.25, 0.3) is 5.69 Å². The lowest BCUT2D eigenvalue weighted by atomic mass is 9.71. The van der Waals surface area contributed by atoms with Crippen molar-refractivity contribution < 1.29 is 44.4 Å². The Balaban J connectivity index is 1.48. The van der Waals surface area contributed by atoms with Gasteiger partial charge in [0.05, 0.1) is 40.0 Å². The molecular weight excluding hydrogens is 584 g/mol. The minimum atomic E-state index is -1.71. The fourth-order valence-electron chi connectivity index (χ4n) is 6.53. The Kier molecular flexibility index (Phi) is 7.58. The van der Waals surface area contributed by atoms with Crippen LogP contribution in [0, 0.1) is 10.1 Å². The van der Waals surface area contributed by atoms with Gasteiger partial charge >= 0.3 is 0 Å². The molecule has 1 aliphatic heterocycles. The van der Waals surface area contributed by atoms with Crippen LogP contribution in [0.15, 0.2) is 54.1 Å². The van der Waals surface area contributed by atoms with Crippen molar-refractivity contribution in [3.8, 4) is 11.5 Å². The minimum Gasteiger partial charge on any atom is -0.507 e. The first-order valence-corrected chi connectivity index (χ1v) is 14.5. The highest BCUT2D eigenvalue weighted by Crippen LogP contribution is 2.53. The molecule has 1 fully saturated rings. The molecule has 1 saturated heterocycles. The van der Waals surface area contributed by atoms with E-state index in [1.807, 2.05) is 0 Å². The molecule has 12 nitrogen and oxygen atoms in total. The van der Waals surface area contributed by atoms with E-state index in [4.69, 9.17) is 15.2 Å². The van der Waals surface area contributed by atoms with Crippen LogP contribution in [0.25, 0.3) is 6.08 Å². The highest BCUT2D eigenvalue weighted by Gasteiger charge is 2.48. The van der Waals surface area contributed by atoms with E-state index in [0.29, 0.717) is 11.1 Å². The summed E-state index contributed by atoms with van der Waals surface area (Å²) in [5, 5.41) is 56.8. The van der Waals surface area contributed by atoms with Gasteiger partial charge in [-0.15, -0.1) is 0 Å². The molecule has 3 aromatic rings. The van der Waals surface area contributed by atoms with Gasteiger partial charge in [0.1, 0.15) is 11.5 Å². The van der Waals surface area contributed by atoms with Crippen LogP contribution in [0.4, 0.5) is 5.69 Å². The highest BCUT2D eigenvalue weighted by molar-refractivity contribution is 6.30. The largest absolute Gasteiger partial charge is 0.507 e. The first-order valence-electron chi connectivity index (χ1n) is 14.5. The molecule has 3 aliphatic rings. The Bertz CT molecular complexity index is 1760. The lowest BCUT2D eigenvalue weighted by molar-refractivity contribution is -0.384. The number of aromatic hydroxyl groups is 2. The molecule has 0 bridgehead atoms. The van der Waals surface area contributed by atoms with Crippen molar-refractivity contribution >= 4 is 23.3 Å². The number of carbonyl (C=O) groups is 2. The van der Waals surface area contributed by atoms with E-state index in [2.05, 4.69) is 0 Å². The molecule has 0 unspecified atom stereocenters. The molecular formula is C33H32N2O10. The van der Waals surface area contributed by atoms with Crippen LogP contribution in [0.3, 0.4) is 0 Å². The van der Waals surface area contributed by atoms with E-state index in [0.717, 1.165) is 0 Å². The van der Waals surface area contributed by atoms with Crippen LogP contribution < -0.4 is 5.73 Å². The summed E-state index contributed by atoms with van der Waals surface area (Å²) in [6.45, 7) is 3.28. The summed E-state index contributed by atoms with van der Waals surface area (Å²) in [4.78, 5) is 37.8. The maximum Gasteiger partial charge on any atom is 0.269 e. The van der Waals surface area contributed by atoms with E-state index in [9.17, 15) is 40.1 Å². The van der Waals surface area contributed by atoms with Crippen molar-refractivity contribution in [1.82, 2.24) is 0 Å². The summed E-state index contributed by atoms with van der Waals surface area (Å²) in [7, 11) is 0. The number of hydrogen-bond acceptors (Lipinski definition) is 11. The number of phenolic OH excluding ortho intramolecular Hbond substituents is 2. The third-order valence-corrected chi connectivity index (χ3v) is 9.06. The maximum absolute atomic E-state index is 13.6. The Hall–Kier alpha value is -4.46. The van der Waals surface area contributed by atoms with Gasteiger partial charge in [-0.1, -0.05) is 30.3 Å². The maximum atomic E-state index is 13.6. The molecule has 12 heteroatoms. The smallest absolute Gasteiger partial charge is 0.269 e. The van der Waals surface area contributed by atoms with Gasteiger partial charge in [0.15, 0.2) is 17.9 Å². The van der Waals surface area contributed by atoms with E-state index >= 15 is 0 Å². The van der Waals surface area contributed by atoms with Gasteiger partial charge in [-0.05, 0) is 37.1 Å². The number of benzene rings is 3. The van der Waals surface area contributed by atoms with Gasteiger partial charge in [0.2, 0.25) is 0 Å². The second-order valence-electron chi connectivity index (χ2n) is 11.9. The number of nitro groups is 1. The fraction of sp³-hybridized carbons (Fsp3) is 0.333. The molecule has 0 saturated carbocycles. The number of aliphatic hydroxyl groups is 2. The van der Waals surface area contributed by atoms with Crippen LogP contribution in [-0.2, 0) is 15.9 Å². The number of nitrogens with zero attached hydrogens (tertiary/aromatic N) is 1. The quantitative estimate of drug-likeness (QED) is 0.125. The van der Waals surface area contributed by atoms with Gasteiger partial charge in [-0.2, -0.15) is 0 Å². The van der Waals surface area contributed by atoms with E-state index in [1.54, 1.807) is 32.1 Å². The number of fused-ring (bicyclic) bond motifs is 3. The van der Waals surface area contributed by atoms with Crippen molar-refractivity contribution in [3.05, 3.63) is 103 Å². The monoisotopic (exact) mass is 616 g/mol. The second kappa shape index (κ2) is 11.2. The molecule has 0 spiro atoms. The molecule has 6 atom stereocenters. The number of nitrogens with two attached hydrogens (primary N) is 1. The Labute approximate surface area is 257 Å². The topological polar surface area (TPSA) is 203 Å². The molecule has 6 rings (SSSR count). The van der Waals surface area contributed by atoms with Crippen LogP contribution in [-0.4, -0.2) is 67.1 Å². The summed E-state index contributed by atoms with van der Waals surface area (Å²) < 4.78 is 12.1. The molecule has 1 heterocycles. The van der Waals surface area contributed by atoms with Gasteiger partial charge in [0, 0.05) is 59.7 Å². The van der Waals surface area contributed by atoms with Gasteiger partial charge < -0.3 is 35.6 Å². The summed E-state index contributed by atoms with van der Waals surface area (Å²) in [6, 6.07) is 11.2. The lowest BCUT2D eigenvalue weighted by Gasteiger charge is -2.43. The summed E-state index contributed by atoms with van der Waals surface area (Å²) in [5.74, 6) is -2.38. The molecule has 234 valence electrons. The van der Waals surface area contributed by atoms with Crippen LogP contribution >= 0.6 is 0 Å². The number of hydrogen-bond donors (Lipinski definition) is 5. The number of carbonyl (C=O) groups excluding carboxylic acids is 2. The number of ether oxygens (including phenoxy) is 2. The molecule has 2 aliphatic carbocycles. The number of nitro benzene ring substituents is 1. The number of aliphatic hydroxyl groups excluding tert-OH is 1. The predicted octanol–water partition coefficient (Wildman–Crippen LogP) is 3.44. The zero-order chi connectivity index (χ0) is 32.4. The molecule has 0 amide bonds. The van der Waals surface area contributed by atoms with Crippen LogP contribution in [0.2, 0.25) is 0 Å². The SMILES string of the molecule is C/C(=C\c1ccc([N+](=O)[O-])cc1)[C@]1(O)Cc2c(O)c3c(c(O)c2[C@@H](O[C@H]2C[C@H](N)[C@H](O)[C@H](C)O2)C1)C(=O)c1ccccc1C3=O. The minimum absolute atomic E-state index is 0.0233. The average Bonchev–Trinajstić information content (AvgIpc) is 3.00. The van der Waals surface area contributed by atoms with E-state index < -0.39 is 64.2 Å². The average molecular weight is 617 g/mol. The first kappa shape index (κ1) is 30.6. The van der Waals surface area contributed by atoms with Crippen molar-refractivity contribution in [2.75, 3.05) is 0 Å². The molecule has 3 aromatic carbocycles. The van der Waals surface area contributed by atoms with Gasteiger partial charge in [-0.3, -0.25) is 19.7 Å². The third-order valence-electron chi connectivity index (χ3n) is 9.06. The first-order chi connectivity index (χ1) is 21.3. The number of non-ortho nitro benzene ring substituents is 1. The van der Waals surface area contributed by atoms with Crippen LogP contribution in [0.1, 0.15) is 81.3 Å². The summed E-state index contributed by atoms with van der Waals surface area (Å²) in [6.07, 6.45) is -2.47. The summed E-state index contributed by atoms with van der Waals surface area (Å²) >= 11 is 0. The van der Waals surface area contributed by atoms with Crippen LogP contribution in [0.5, 0.6) is 11.5 Å². The Morgan fingerprint density at radius 3 is 2.24 bits per heavy atom. The predicted molar refractivity (Wildman–Crippen MR) is 160 cm³/mol. The normalized spacial score (nSPS) is 27.8. The second-order valence-corrected chi connectivity index (χ2v) is 11.9. The standard InChI is InChI=1S/C33H32N2O10/c1-15(11-17-7-9-18(10-8-17)35(42)43)33(41)13-21-25(23(14-33)45-24-12-22(34)28(36)16(2)44-24)32(40)27-26(31(21)39)29(37)19-5-3-4-6-20(19)30(27)38/h3-11,16,22-24,28,36,39-41H,12-14,34H2,1-2H3/b15-11+/t16-,22-,23-,24-,28+,33-/m0/s1.